The van der Waals surface area contributed by atoms with Crippen LogP contribution in [-0.4, -0.2) is 22.1 Å². The molecule has 0 bridgehead atoms. The quantitative estimate of drug-likeness (QED) is 0.301. The van der Waals surface area contributed by atoms with Gasteiger partial charge < -0.3 is 14.6 Å². The SMILES string of the molecule is Cc1ccc(C(=O)NC(C)c2nc3ccccc3n2CCCCOc2cc(C)cc(C)c2)cc1. The summed E-state index contributed by atoms with van der Waals surface area (Å²) in [5.41, 5.74) is 6.25. The van der Waals surface area contributed by atoms with Crippen molar-refractivity contribution in [3.63, 3.8) is 0 Å². The third kappa shape index (κ3) is 5.66. The number of nitrogens with zero attached hydrogens (tertiary/aromatic N) is 2. The lowest BCUT2D eigenvalue weighted by molar-refractivity contribution is 0.0937. The number of ether oxygens (including phenoxy) is 1. The van der Waals surface area contributed by atoms with E-state index >= 15 is 0 Å². The standard InChI is InChI=1S/C29H33N3O2/c1-20-11-13-24(14-12-20)29(33)30-23(4)28-31-26-9-5-6-10-27(26)32(28)15-7-8-16-34-25-18-21(2)17-22(3)19-25/h5-6,9-14,17-19,23H,7-8,15-16H2,1-4H3,(H,30,33). The van der Waals surface area contributed by atoms with Crippen molar-refractivity contribution < 1.29 is 9.53 Å². The van der Waals surface area contributed by atoms with E-state index in [-0.39, 0.29) is 11.9 Å². The molecular weight excluding hydrogens is 422 g/mol. The number of carbonyl (C=O) groups excluding carboxylic acids is 1. The van der Waals surface area contributed by atoms with E-state index in [1.165, 1.54) is 11.1 Å². The summed E-state index contributed by atoms with van der Waals surface area (Å²) in [6, 6.07) is 21.8. The fraction of sp³-hybridized carbons (Fsp3) is 0.310. The van der Waals surface area contributed by atoms with Crippen molar-refractivity contribution in [3.05, 3.63) is 94.8 Å². The van der Waals surface area contributed by atoms with Crippen LogP contribution in [0.3, 0.4) is 0 Å². The Morgan fingerprint density at radius 3 is 2.38 bits per heavy atom. The van der Waals surface area contributed by atoms with E-state index in [9.17, 15) is 4.79 Å². The van der Waals surface area contributed by atoms with E-state index in [1.807, 2.05) is 56.3 Å². The van der Waals surface area contributed by atoms with Crippen LogP contribution in [0.4, 0.5) is 0 Å². The predicted molar refractivity (Wildman–Crippen MR) is 137 cm³/mol. The van der Waals surface area contributed by atoms with Gasteiger partial charge in [-0.2, -0.15) is 0 Å². The molecule has 5 heteroatoms. The molecule has 5 nitrogen and oxygen atoms in total. The van der Waals surface area contributed by atoms with Crippen molar-refractivity contribution in [1.29, 1.82) is 0 Å². The van der Waals surface area contributed by atoms with Crippen molar-refractivity contribution >= 4 is 16.9 Å². The molecule has 0 fully saturated rings. The molecule has 0 aliphatic rings. The minimum absolute atomic E-state index is 0.0899. The molecule has 0 aliphatic heterocycles. The molecule has 1 unspecified atom stereocenters. The highest BCUT2D eigenvalue weighted by Gasteiger charge is 2.19. The van der Waals surface area contributed by atoms with Crippen LogP contribution in [0.2, 0.25) is 0 Å². The zero-order valence-electron chi connectivity index (χ0n) is 20.5. The number of benzene rings is 3. The minimum Gasteiger partial charge on any atom is -0.494 e. The zero-order valence-corrected chi connectivity index (χ0v) is 20.5. The molecule has 0 saturated carbocycles. The highest BCUT2D eigenvalue weighted by Crippen LogP contribution is 2.22. The predicted octanol–water partition coefficient (Wildman–Crippen LogP) is 6.31. The molecule has 1 atom stereocenters. The molecular formula is C29H33N3O2. The van der Waals surface area contributed by atoms with Gasteiger partial charge in [-0.1, -0.05) is 35.9 Å². The van der Waals surface area contributed by atoms with E-state index in [0.29, 0.717) is 12.2 Å². The number of unbranched alkanes of at least 4 members (excludes halogenated alkanes) is 1. The van der Waals surface area contributed by atoms with Gasteiger partial charge in [-0.05, 0) is 88.1 Å². The Balaban J connectivity index is 1.42. The average Bonchev–Trinajstić information content (AvgIpc) is 3.17. The van der Waals surface area contributed by atoms with E-state index in [2.05, 4.69) is 48.0 Å². The minimum atomic E-state index is -0.215. The highest BCUT2D eigenvalue weighted by molar-refractivity contribution is 5.94. The van der Waals surface area contributed by atoms with Gasteiger partial charge in [0.05, 0.1) is 23.7 Å². The first kappa shape index (κ1) is 23.6. The Kier molecular flexibility index (Phi) is 7.31. The smallest absolute Gasteiger partial charge is 0.251 e. The number of carbonyl (C=O) groups is 1. The Morgan fingerprint density at radius 1 is 0.941 bits per heavy atom. The summed E-state index contributed by atoms with van der Waals surface area (Å²) in [7, 11) is 0. The number of aryl methyl sites for hydroxylation is 4. The zero-order chi connectivity index (χ0) is 24.1. The fourth-order valence-electron chi connectivity index (χ4n) is 4.29. The first-order valence-corrected chi connectivity index (χ1v) is 11.9. The first-order valence-electron chi connectivity index (χ1n) is 11.9. The summed E-state index contributed by atoms with van der Waals surface area (Å²) in [4.78, 5) is 17.6. The van der Waals surface area contributed by atoms with Crippen LogP contribution < -0.4 is 10.1 Å². The molecule has 4 aromatic rings. The lowest BCUT2D eigenvalue weighted by atomic mass is 10.1. The first-order chi connectivity index (χ1) is 16.4. The number of aromatic nitrogens is 2. The van der Waals surface area contributed by atoms with Crippen molar-refractivity contribution in [2.24, 2.45) is 0 Å². The van der Waals surface area contributed by atoms with Gasteiger partial charge in [-0.3, -0.25) is 4.79 Å². The van der Waals surface area contributed by atoms with Crippen LogP contribution >= 0.6 is 0 Å². The number of amides is 1. The van der Waals surface area contributed by atoms with Crippen LogP contribution in [0.15, 0.2) is 66.7 Å². The average molecular weight is 456 g/mol. The number of nitrogens with one attached hydrogen (secondary N) is 1. The third-order valence-electron chi connectivity index (χ3n) is 5.97. The van der Waals surface area contributed by atoms with Crippen molar-refractivity contribution in [1.82, 2.24) is 14.9 Å². The summed E-state index contributed by atoms with van der Waals surface area (Å²) in [6.07, 6.45) is 1.89. The summed E-state index contributed by atoms with van der Waals surface area (Å²) in [5.74, 6) is 1.71. The highest BCUT2D eigenvalue weighted by atomic mass is 16.5. The summed E-state index contributed by atoms with van der Waals surface area (Å²) in [6.45, 7) is 9.67. The van der Waals surface area contributed by atoms with Crippen LogP contribution in [0, 0.1) is 20.8 Å². The number of rotatable bonds is 9. The maximum Gasteiger partial charge on any atom is 0.251 e. The molecule has 0 radical (unpaired) electrons. The van der Waals surface area contributed by atoms with Crippen molar-refractivity contribution in [3.8, 4) is 5.75 Å². The molecule has 0 saturated heterocycles. The summed E-state index contributed by atoms with van der Waals surface area (Å²) < 4.78 is 8.21. The normalized spacial score (nSPS) is 12.0. The molecule has 0 spiro atoms. The molecule has 0 aliphatic carbocycles. The number of hydrogen-bond acceptors (Lipinski definition) is 3. The van der Waals surface area contributed by atoms with Gasteiger partial charge in [0, 0.05) is 12.1 Å². The molecule has 1 N–H and O–H groups in total. The van der Waals surface area contributed by atoms with Crippen LogP contribution in [0.25, 0.3) is 11.0 Å². The number of hydrogen-bond donors (Lipinski definition) is 1. The molecule has 34 heavy (non-hydrogen) atoms. The van der Waals surface area contributed by atoms with Gasteiger partial charge in [-0.15, -0.1) is 0 Å². The Morgan fingerprint density at radius 2 is 1.65 bits per heavy atom. The Bertz CT molecular complexity index is 1250. The topological polar surface area (TPSA) is 56.2 Å². The maximum atomic E-state index is 12.8. The molecule has 1 heterocycles. The van der Waals surface area contributed by atoms with E-state index < -0.39 is 0 Å². The second-order valence-corrected chi connectivity index (χ2v) is 9.05. The molecule has 1 amide bonds. The van der Waals surface area contributed by atoms with Gasteiger partial charge in [-0.25, -0.2) is 4.98 Å². The molecule has 4 rings (SSSR count). The van der Waals surface area contributed by atoms with Crippen LogP contribution in [-0.2, 0) is 6.54 Å². The summed E-state index contributed by atoms with van der Waals surface area (Å²) >= 11 is 0. The van der Waals surface area contributed by atoms with Gasteiger partial charge >= 0.3 is 0 Å². The Labute approximate surface area is 201 Å². The number of para-hydroxylation sites is 2. The molecule has 1 aromatic heterocycles. The van der Waals surface area contributed by atoms with Gasteiger partial charge in [0.1, 0.15) is 11.6 Å². The number of imidazole rings is 1. The lowest BCUT2D eigenvalue weighted by Gasteiger charge is -2.17. The summed E-state index contributed by atoms with van der Waals surface area (Å²) in [5, 5.41) is 3.12. The van der Waals surface area contributed by atoms with Crippen LogP contribution in [0.5, 0.6) is 5.75 Å². The van der Waals surface area contributed by atoms with Gasteiger partial charge in [0.2, 0.25) is 0 Å². The van der Waals surface area contributed by atoms with Gasteiger partial charge in [0.25, 0.3) is 5.91 Å². The fourth-order valence-corrected chi connectivity index (χ4v) is 4.29. The maximum absolute atomic E-state index is 12.8. The second kappa shape index (κ2) is 10.6. The van der Waals surface area contributed by atoms with E-state index in [0.717, 1.165) is 47.6 Å². The third-order valence-corrected chi connectivity index (χ3v) is 5.97. The van der Waals surface area contributed by atoms with E-state index in [4.69, 9.17) is 9.72 Å². The van der Waals surface area contributed by atoms with Crippen LogP contribution in [0.1, 0.15) is 58.7 Å². The molecule has 176 valence electrons. The van der Waals surface area contributed by atoms with E-state index in [1.54, 1.807) is 0 Å². The second-order valence-electron chi connectivity index (χ2n) is 9.05. The Hall–Kier alpha value is -3.60. The molecule has 3 aromatic carbocycles. The lowest BCUT2D eigenvalue weighted by Crippen LogP contribution is -2.28. The van der Waals surface area contributed by atoms with Crippen molar-refractivity contribution in [2.45, 2.75) is 53.1 Å². The number of fused-ring (bicyclic) bond motifs is 1. The monoisotopic (exact) mass is 455 g/mol. The largest absolute Gasteiger partial charge is 0.494 e. The van der Waals surface area contributed by atoms with Gasteiger partial charge in [0.15, 0.2) is 0 Å². The van der Waals surface area contributed by atoms with Crippen molar-refractivity contribution in [2.75, 3.05) is 6.61 Å².